The molecule has 0 amide bonds. The summed E-state index contributed by atoms with van der Waals surface area (Å²) < 4.78 is 84.0. The van der Waals surface area contributed by atoms with E-state index in [1.165, 1.54) is 23.3 Å². The van der Waals surface area contributed by atoms with Crippen LogP contribution in [0.4, 0.5) is 13.2 Å². The Balaban J connectivity index is 1.58. The minimum Gasteiger partial charge on any atom is -0.466 e. The van der Waals surface area contributed by atoms with Crippen LogP contribution >= 0.6 is 0 Å². The van der Waals surface area contributed by atoms with Crippen molar-refractivity contribution in [2.45, 2.75) is 131 Å². The number of fused-ring (bicyclic) bond motifs is 4. The highest BCUT2D eigenvalue weighted by Crippen LogP contribution is 2.73. The predicted octanol–water partition coefficient (Wildman–Crippen LogP) is 10.3. The van der Waals surface area contributed by atoms with E-state index in [9.17, 15) is 31.2 Å². The van der Waals surface area contributed by atoms with Gasteiger partial charge in [-0.3, -0.25) is 4.79 Å². The molecule has 0 N–H and O–H groups in total. The molecule has 0 aliphatic heterocycles. The van der Waals surface area contributed by atoms with E-state index in [-0.39, 0.29) is 48.7 Å². The number of benzene rings is 1. The van der Waals surface area contributed by atoms with E-state index in [1.807, 2.05) is 0 Å². The monoisotopic (exact) mass is 750 g/mol. The number of rotatable bonds is 12. The number of halogens is 3. The summed E-state index contributed by atoms with van der Waals surface area (Å²) in [5.41, 5.74) is -6.08. The second-order valence-electron chi connectivity index (χ2n) is 17.2. The first kappa shape index (κ1) is 40.5. The van der Waals surface area contributed by atoms with Gasteiger partial charge in [-0.15, -0.1) is 0 Å². The quantitative estimate of drug-likeness (QED) is 0.0690. The number of hydrogen-bond donors (Lipinski definition) is 0. The summed E-state index contributed by atoms with van der Waals surface area (Å²) in [4.78, 5) is 27.0. The summed E-state index contributed by atoms with van der Waals surface area (Å²) in [6.45, 7) is 16.6. The molecule has 0 radical (unpaired) electrons. The van der Waals surface area contributed by atoms with Gasteiger partial charge in [0.15, 0.2) is 0 Å². The van der Waals surface area contributed by atoms with Crippen molar-refractivity contribution in [2.75, 3.05) is 6.61 Å². The smallest absolute Gasteiger partial charge is 0.466 e. The van der Waals surface area contributed by atoms with E-state index >= 15 is 0 Å². The van der Waals surface area contributed by atoms with Crippen LogP contribution < -0.4 is 0 Å². The Hall–Kier alpha value is -2.66. The average molecular weight is 751 g/mol. The standard InChI is InChI=1S/C41H57F3O7S/c1-9-49-34(45)26-39-23-21-30(28(4)15-13-14-27(2)3)38(39,8)22-20-31-32(39)18-19-33-36(5,6)40(25-24-37(31,33)7,51-52(47,48)41(42,43)44)50-35(46)29-16-11-10-12-17-29/h10-12,16-17,21,23,27-28,30,33H,9,13-15,18-20,22,24-26H2,1-8H3/t28-,30-,33?,37-,38-,39-,40-/m1/s1. The Bertz CT molecular complexity index is 1680. The molecule has 4 aliphatic carbocycles. The van der Waals surface area contributed by atoms with Crippen LogP contribution in [0.15, 0.2) is 53.6 Å². The molecule has 4 aliphatic rings. The fourth-order valence-electron chi connectivity index (χ4n) is 10.9. The Kier molecular flexibility index (Phi) is 11.1. The first-order valence-corrected chi connectivity index (χ1v) is 20.4. The van der Waals surface area contributed by atoms with Crippen LogP contribution in [0.3, 0.4) is 0 Å². The molecule has 0 bridgehead atoms. The summed E-state index contributed by atoms with van der Waals surface area (Å²) in [6, 6.07) is 7.78. The average Bonchev–Trinajstić information content (AvgIpc) is 3.35. The maximum atomic E-state index is 13.9. The lowest BCUT2D eigenvalue weighted by Crippen LogP contribution is -2.64. The molecule has 7 nitrogen and oxygen atoms in total. The molecule has 1 unspecified atom stereocenters. The van der Waals surface area contributed by atoms with E-state index in [1.54, 1.807) is 39.0 Å². The molecule has 0 aromatic heterocycles. The van der Waals surface area contributed by atoms with Gasteiger partial charge in [0.05, 0.1) is 18.6 Å². The van der Waals surface area contributed by atoms with Crippen molar-refractivity contribution in [1.29, 1.82) is 0 Å². The van der Waals surface area contributed by atoms with Gasteiger partial charge in [-0.2, -0.15) is 21.6 Å². The highest BCUT2D eigenvalue weighted by Gasteiger charge is 2.70. The molecule has 52 heavy (non-hydrogen) atoms. The van der Waals surface area contributed by atoms with E-state index in [4.69, 9.17) is 13.7 Å². The molecule has 0 heterocycles. The zero-order valence-corrected chi connectivity index (χ0v) is 32.8. The van der Waals surface area contributed by atoms with Crippen molar-refractivity contribution in [2.24, 2.45) is 45.3 Å². The number of ether oxygens (including phenoxy) is 2. The number of hydrogen-bond acceptors (Lipinski definition) is 7. The fraction of sp³-hybridized carbons (Fsp3) is 0.707. The van der Waals surface area contributed by atoms with E-state index in [0.717, 1.165) is 32.1 Å². The first-order valence-electron chi connectivity index (χ1n) is 19.0. The van der Waals surface area contributed by atoms with Crippen LogP contribution in [-0.4, -0.2) is 38.3 Å². The molecule has 1 aromatic rings. The fourth-order valence-corrected chi connectivity index (χ4v) is 11.7. The van der Waals surface area contributed by atoms with Crippen LogP contribution in [0, 0.1) is 45.3 Å². The van der Waals surface area contributed by atoms with Crippen LogP contribution in [0.25, 0.3) is 0 Å². The second-order valence-corrected chi connectivity index (χ2v) is 18.8. The Labute approximate surface area is 308 Å². The summed E-state index contributed by atoms with van der Waals surface area (Å²) in [6.07, 6.45) is 10.7. The van der Waals surface area contributed by atoms with Crippen LogP contribution in [0.2, 0.25) is 0 Å². The summed E-state index contributed by atoms with van der Waals surface area (Å²) in [7, 11) is -6.16. The van der Waals surface area contributed by atoms with Crippen molar-refractivity contribution in [3.63, 3.8) is 0 Å². The van der Waals surface area contributed by atoms with Crippen LogP contribution in [0.1, 0.15) is 130 Å². The molecule has 1 aromatic carbocycles. The molecule has 290 valence electrons. The van der Waals surface area contributed by atoms with Gasteiger partial charge in [-0.05, 0) is 85.7 Å². The van der Waals surface area contributed by atoms with E-state index in [2.05, 4.69) is 46.8 Å². The molecule has 11 heteroatoms. The van der Waals surface area contributed by atoms with Crippen molar-refractivity contribution in [1.82, 2.24) is 0 Å². The van der Waals surface area contributed by atoms with Gasteiger partial charge in [0, 0.05) is 17.3 Å². The molecular formula is C41H57F3O7S. The second kappa shape index (κ2) is 14.2. The van der Waals surface area contributed by atoms with Gasteiger partial charge >= 0.3 is 27.6 Å². The zero-order chi connectivity index (χ0) is 38.5. The summed E-state index contributed by atoms with van der Waals surface area (Å²) >= 11 is 0. The zero-order valence-electron chi connectivity index (χ0n) is 32.0. The Morgan fingerprint density at radius 2 is 1.62 bits per heavy atom. The first-order chi connectivity index (χ1) is 24.1. The third kappa shape index (κ3) is 6.68. The van der Waals surface area contributed by atoms with Crippen molar-refractivity contribution >= 4 is 22.1 Å². The minimum absolute atomic E-state index is 0.0705. The lowest BCUT2D eigenvalue weighted by Gasteiger charge is -2.64. The lowest BCUT2D eigenvalue weighted by atomic mass is 9.42. The van der Waals surface area contributed by atoms with E-state index in [0.29, 0.717) is 24.7 Å². The Morgan fingerprint density at radius 1 is 0.942 bits per heavy atom. The molecule has 1 saturated carbocycles. The number of carbonyl (C=O) groups excluding carboxylic acids is 2. The predicted molar refractivity (Wildman–Crippen MR) is 193 cm³/mol. The van der Waals surface area contributed by atoms with Gasteiger partial charge < -0.3 is 9.47 Å². The van der Waals surface area contributed by atoms with Crippen LogP contribution in [0.5, 0.6) is 0 Å². The molecule has 7 atom stereocenters. The van der Waals surface area contributed by atoms with Gasteiger partial charge in [-0.1, -0.05) is 109 Å². The topological polar surface area (TPSA) is 96.0 Å². The van der Waals surface area contributed by atoms with Crippen molar-refractivity contribution in [3.05, 3.63) is 59.2 Å². The van der Waals surface area contributed by atoms with Crippen molar-refractivity contribution in [3.8, 4) is 0 Å². The van der Waals surface area contributed by atoms with Crippen molar-refractivity contribution < 1.29 is 44.8 Å². The number of allylic oxidation sites excluding steroid dienone is 4. The van der Waals surface area contributed by atoms with Gasteiger partial charge in [0.1, 0.15) is 0 Å². The number of carbonyl (C=O) groups is 2. The SMILES string of the molecule is CCOC(=O)C[C@@]12C=C[C@H]([C@H](C)CCCC(C)C)[C@@]1(C)CCC1=C2CCC2C(C)(C)[C@](OC(=O)c3ccccc3)(OS(=O)(=O)C(F)(F)F)CC[C@]12C. The van der Waals surface area contributed by atoms with E-state index < -0.39 is 49.5 Å². The Morgan fingerprint density at radius 3 is 2.23 bits per heavy atom. The summed E-state index contributed by atoms with van der Waals surface area (Å²) in [5, 5.41) is 0. The van der Waals surface area contributed by atoms with Gasteiger partial charge in [0.2, 0.25) is 5.79 Å². The maximum Gasteiger partial charge on any atom is 0.523 e. The highest BCUT2D eigenvalue weighted by molar-refractivity contribution is 7.87. The number of alkyl halides is 3. The van der Waals surface area contributed by atoms with Gasteiger partial charge in [-0.25, -0.2) is 8.98 Å². The maximum absolute atomic E-state index is 13.9. The van der Waals surface area contributed by atoms with Gasteiger partial charge in [0.25, 0.3) is 0 Å². The third-order valence-corrected chi connectivity index (χ3v) is 14.7. The lowest BCUT2D eigenvalue weighted by molar-refractivity contribution is -0.270. The largest absolute Gasteiger partial charge is 0.523 e. The highest BCUT2D eigenvalue weighted by atomic mass is 32.2. The minimum atomic E-state index is -6.16. The molecular weight excluding hydrogens is 694 g/mol. The summed E-state index contributed by atoms with van der Waals surface area (Å²) in [5.74, 6) is -2.78. The molecule has 0 spiro atoms. The van der Waals surface area contributed by atoms with Crippen LogP contribution in [-0.2, 0) is 28.6 Å². The molecule has 1 fully saturated rings. The number of esters is 2. The molecule has 0 saturated heterocycles. The normalized spacial score (nSPS) is 33.2. The molecule has 5 rings (SSSR count). The third-order valence-electron chi connectivity index (χ3n) is 13.7.